The van der Waals surface area contributed by atoms with Crippen molar-refractivity contribution in [3.8, 4) is 5.75 Å². The van der Waals surface area contributed by atoms with Gasteiger partial charge in [-0.3, -0.25) is 14.6 Å². The van der Waals surface area contributed by atoms with Crippen molar-refractivity contribution in [2.24, 2.45) is 5.73 Å². The van der Waals surface area contributed by atoms with Crippen molar-refractivity contribution in [1.29, 1.82) is 0 Å². The zero-order valence-corrected chi connectivity index (χ0v) is 27.0. The van der Waals surface area contributed by atoms with E-state index in [0.717, 1.165) is 61.9 Å². The van der Waals surface area contributed by atoms with Crippen LogP contribution in [0.3, 0.4) is 0 Å². The molecule has 2 heterocycles. The number of ether oxygens (including phenoxy) is 4. The van der Waals surface area contributed by atoms with Crippen LogP contribution in [0.4, 0.5) is 10.5 Å². The molecule has 1 aromatic rings. The molecule has 0 aliphatic carbocycles. The number of rotatable bonds is 16. The number of carbonyl (C=O) groups excluding carboxylic acids is 3. The quantitative estimate of drug-likeness (QED) is 0.187. The topological polar surface area (TPSA) is 121 Å². The van der Waals surface area contributed by atoms with Gasteiger partial charge in [-0.05, 0) is 51.5 Å². The minimum absolute atomic E-state index is 0.127. The number of hydrogen-bond donors (Lipinski definition) is 1. The van der Waals surface area contributed by atoms with Gasteiger partial charge in [0.05, 0.1) is 31.6 Å². The number of nitrogens with zero attached hydrogens (tertiary/aromatic N) is 2. The number of hydrogen-bond acceptors (Lipinski definition) is 8. The SMILES string of the molecule is CCCCC(CC)N(C(N)=O)c1c(CC=C(C)CCC(=O)OC(CCC)N2CCOCC2)c(OC)c(C)c2c1C(=O)OC2. The first-order valence-corrected chi connectivity index (χ1v) is 15.8. The molecule has 0 aromatic heterocycles. The molecule has 0 radical (unpaired) electrons. The molecule has 3 rings (SSSR count). The van der Waals surface area contributed by atoms with Crippen molar-refractivity contribution >= 4 is 23.7 Å². The summed E-state index contributed by atoms with van der Waals surface area (Å²) < 4.78 is 22.7. The van der Waals surface area contributed by atoms with Crippen LogP contribution in [0.2, 0.25) is 0 Å². The third-order valence-corrected chi connectivity index (χ3v) is 8.49. The van der Waals surface area contributed by atoms with Gasteiger partial charge in [-0.1, -0.05) is 51.7 Å². The Morgan fingerprint density at radius 2 is 1.84 bits per heavy atom. The molecule has 2 aliphatic rings. The van der Waals surface area contributed by atoms with E-state index in [-0.39, 0.29) is 31.3 Å². The van der Waals surface area contributed by atoms with Gasteiger partial charge in [0.1, 0.15) is 12.4 Å². The van der Waals surface area contributed by atoms with Crippen LogP contribution in [0.5, 0.6) is 5.75 Å². The van der Waals surface area contributed by atoms with Gasteiger partial charge < -0.3 is 24.7 Å². The second kappa shape index (κ2) is 16.7. The largest absolute Gasteiger partial charge is 0.496 e. The molecule has 1 fully saturated rings. The first kappa shape index (κ1) is 34.4. The molecule has 2 unspecified atom stereocenters. The van der Waals surface area contributed by atoms with Gasteiger partial charge >= 0.3 is 18.0 Å². The summed E-state index contributed by atoms with van der Waals surface area (Å²) in [6.45, 7) is 13.0. The number of carbonyl (C=O) groups is 3. The predicted molar refractivity (Wildman–Crippen MR) is 166 cm³/mol. The fraction of sp³-hybridized carbons (Fsp3) is 0.667. The second-order valence-corrected chi connectivity index (χ2v) is 11.5. The van der Waals surface area contributed by atoms with Crippen LogP contribution in [0.1, 0.15) is 106 Å². The maximum absolute atomic E-state index is 13.1. The van der Waals surface area contributed by atoms with Crippen LogP contribution in [0.15, 0.2) is 11.6 Å². The van der Waals surface area contributed by atoms with Gasteiger partial charge in [-0.15, -0.1) is 0 Å². The fourth-order valence-electron chi connectivity index (χ4n) is 6.04. The first-order chi connectivity index (χ1) is 20.7. The number of anilines is 1. The standard InChI is InChI=1S/C33H51N3O7/c1-7-10-12-24(9-3)36(33(34)39)30-25(31(40-6)23(5)26-21-42-32(38)29(26)30)15-13-22(4)14-16-28(37)43-27(11-8-2)35-17-19-41-20-18-35/h13,24,27H,7-12,14-21H2,1-6H3,(H2,34,39). The van der Waals surface area contributed by atoms with Gasteiger partial charge in [0, 0.05) is 36.7 Å². The minimum Gasteiger partial charge on any atom is -0.496 e. The van der Waals surface area contributed by atoms with Crippen LogP contribution in [0.25, 0.3) is 0 Å². The Bertz CT molecular complexity index is 1160. The van der Waals surface area contributed by atoms with Crippen LogP contribution >= 0.6 is 0 Å². The van der Waals surface area contributed by atoms with Gasteiger partial charge in [0.25, 0.3) is 0 Å². The normalized spacial score (nSPS) is 16.8. The first-order valence-electron chi connectivity index (χ1n) is 15.8. The summed E-state index contributed by atoms with van der Waals surface area (Å²) >= 11 is 0. The summed E-state index contributed by atoms with van der Waals surface area (Å²) in [5.41, 5.74) is 10.1. The van der Waals surface area contributed by atoms with E-state index in [1.807, 2.05) is 26.8 Å². The van der Waals surface area contributed by atoms with E-state index in [1.54, 1.807) is 12.0 Å². The highest BCUT2D eigenvalue weighted by atomic mass is 16.6. The number of cyclic esters (lactones) is 1. The van der Waals surface area contributed by atoms with Crippen LogP contribution in [0, 0.1) is 6.92 Å². The average molecular weight is 602 g/mol. The zero-order valence-electron chi connectivity index (χ0n) is 27.0. The minimum atomic E-state index is -0.609. The molecule has 43 heavy (non-hydrogen) atoms. The number of amides is 2. The second-order valence-electron chi connectivity index (χ2n) is 11.5. The van der Waals surface area contributed by atoms with Gasteiger partial charge in [-0.2, -0.15) is 0 Å². The molecular weight excluding hydrogens is 550 g/mol. The van der Waals surface area contributed by atoms with Gasteiger partial charge in [0.2, 0.25) is 0 Å². The van der Waals surface area contributed by atoms with E-state index >= 15 is 0 Å². The van der Waals surface area contributed by atoms with Gasteiger partial charge in [0.15, 0.2) is 6.23 Å². The zero-order chi connectivity index (χ0) is 31.5. The predicted octanol–water partition coefficient (Wildman–Crippen LogP) is 5.80. The molecule has 1 saturated heterocycles. The molecule has 2 aliphatic heterocycles. The van der Waals surface area contributed by atoms with Crippen molar-refractivity contribution < 1.29 is 33.3 Å². The van der Waals surface area contributed by atoms with E-state index in [9.17, 15) is 14.4 Å². The highest BCUT2D eigenvalue weighted by molar-refractivity contribution is 6.06. The third kappa shape index (κ3) is 8.50. The number of primary amides is 1. The summed E-state index contributed by atoms with van der Waals surface area (Å²) in [5, 5.41) is 0. The Morgan fingerprint density at radius 3 is 2.44 bits per heavy atom. The van der Waals surface area contributed by atoms with E-state index in [0.29, 0.717) is 55.0 Å². The van der Waals surface area contributed by atoms with E-state index < -0.39 is 12.0 Å². The lowest BCUT2D eigenvalue weighted by molar-refractivity contribution is -0.164. The van der Waals surface area contributed by atoms with Crippen LogP contribution in [-0.4, -0.2) is 68.6 Å². The molecule has 2 amide bonds. The third-order valence-electron chi connectivity index (χ3n) is 8.49. The average Bonchev–Trinajstić information content (AvgIpc) is 3.39. The van der Waals surface area contributed by atoms with Gasteiger partial charge in [-0.25, -0.2) is 9.59 Å². The number of nitrogens with two attached hydrogens (primary N) is 1. The van der Waals surface area contributed by atoms with E-state index in [4.69, 9.17) is 24.7 Å². The van der Waals surface area contributed by atoms with Crippen molar-refractivity contribution in [2.75, 3.05) is 38.3 Å². The van der Waals surface area contributed by atoms with Crippen molar-refractivity contribution in [3.05, 3.63) is 33.9 Å². The number of urea groups is 1. The lowest BCUT2D eigenvalue weighted by Crippen LogP contribution is -2.45. The summed E-state index contributed by atoms with van der Waals surface area (Å²) in [6.07, 6.45) is 8.02. The number of fused-ring (bicyclic) bond motifs is 1. The monoisotopic (exact) mass is 601 g/mol. The highest BCUT2D eigenvalue weighted by Gasteiger charge is 2.37. The van der Waals surface area contributed by atoms with Crippen LogP contribution in [-0.2, 0) is 32.0 Å². The Labute approximate surface area is 256 Å². The Morgan fingerprint density at radius 1 is 1.12 bits per heavy atom. The maximum atomic E-state index is 13.1. The lowest BCUT2D eigenvalue weighted by Gasteiger charge is -2.33. The molecule has 0 bridgehead atoms. The van der Waals surface area contributed by atoms with E-state index in [2.05, 4.69) is 18.7 Å². The molecule has 0 saturated carbocycles. The summed E-state index contributed by atoms with van der Waals surface area (Å²) in [6, 6.07) is -0.786. The number of unbranched alkanes of at least 4 members (excludes halogenated alkanes) is 1. The molecule has 10 nitrogen and oxygen atoms in total. The number of allylic oxidation sites excluding steroid dienone is 2. The Kier molecular flexibility index (Phi) is 13.3. The fourth-order valence-corrected chi connectivity index (χ4v) is 6.04. The Hall–Kier alpha value is -3.11. The molecule has 2 atom stereocenters. The molecule has 240 valence electrons. The number of benzene rings is 1. The number of methoxy groups -OCH3 is 1. The summed E-state index contributed by atoms with van der Waals surface area (Å²) in [4.78, 5) is 42.7. The molecule has 1 aromatic carbocycles. The van der Waals surface area contributed by atoms with Crippen molar-refractivity contribution in [3.63, 3.8) is 0 Å². The molecular formula is C33H51N3O7. The van der Waals surface area contributed by atoms with Crippen molar-refractivity contribution in [1.82, 2.24) is 4.90 Å². The molecule has 10 heteroatoms. The Balaban J connectivity index is 1.88. The maximum Gasteiger partial charge on any atom is 0.341 e. The lowest BCUT2D eigenvalue weighted by atomic mass is 9.91. The summed E-state index contributed by atoms with van der Waals surface area (Å²) in [5.74, 6) is -0.0762. The van der Waals surface area contributed by atoms with Crippen LogP contribution < -0.4 is 15.4 Å². The smallest absolute Gasteiger partial charge is 0.341 e. The number of morpholine rings is 1. The highest BCUT2D eigenvalue weighted by Crippen LogP contribution is 2.44. The van der Waals surface area contributed by atoms with Crippen molar-refractivity contribution in [2.45, 2.75) is 111 Å². The summed E-state index contributed by atoms with van der Waals surface area (Å²) in [7, 11) is 1.59. The van der Waals surface area contributed by atoms with E-state index in [1.165, 1.54) is 0 Å². The molecule has 2 N–H and O–H groups in total. The molecule has 0 spiro atoms. The number of esters is 2.